The Hall–Kier alpha value is -4.12. The van der Waals surface area contributed by atoms with E-state index in [9.17, 15) is 26.4 Å². The molecule has 0 fully saturated rings. The second kappa shape index (κ2) is 10.1. The minimum Gasteiger partial charge on any atom is -0.399 e. The lowest BCUT2D eigenvalue weighted by Crippen LogP contribution is -2.38. The van der Waals surface area contributed by atoms with Gasteiger partial charge >= 0.3 is 12.1 Å². The molecule has 37 heavy (non-hydrogen) atoms. The Labute approximate surface area is 211 Å². The van der Waals surface area contributed by atoms with E-state index in [2.05, 4.69) is 5.16 Å². The van der Waals surface area contributed by atoms with Gasteiger partial charge in [0, 0.05) is 22.7 Å². The molecular weight excluding hydrogens is 507 g/mol. The van der Waals surface area contributed by atoms with Crippen LogP contribution < -0.4 is 5.32 Å². The molecular formula is C26H22F3N3O4S. The van der Waals surface area contributed by atoms with Gasteiger partial charge in [-0.15, -0.1) is 0 Å². The normalized spacial score (nSPS) is 13.4. The van der Waals surface area contributed by atoms with Gasteiger partial charge in [-0.25, -0.2) is 12.4 Å². The maximum absolute atomic E-state index is 13.4. The number of amides is 1. The highest BCUT2D eigenvalue weighted by Gasteiger charge is 2.39. The Balaban J connectivity index is 1.76. The van der Waals surface area contributed by atoms with Gasteiger partial charge in [-0.3, -0.25) is 4.79 Å². The number of fused-ring (bicyclic) bond motifs is 1. The van der Waals surface area contributed by atoms with Gasteiger partial charge in [0.2, 0.25) is 0 Å². The third kappa shape index (κ3) is 5.21. The first-order chi connectivity index (χ1) is 17.5. The quantitative estimate of drug-likeness (QED) is 0.269. The maximum atomic E-state index is 13.4. The molecule has 0 aliphatic heterocycles. The van der Waals surface area contributed by atoms with Crippen molar-refractivity contribution in [1.82, 2.24) is 9.29 Å². The minimum absolute atomic E-state index is 0.117. The van der Waals surface area contributed by atoms with Gasteiger partial charge < -0.3 is 10.2 Å². The van der Waals surface area contributed by atoms with E-state index in [1.807, 2.05) is 5.32 Å². The first kappa shape index (κ1) is 26.0. The van der Waals surface area contributed by atoms with Crippen LogP contribution in [0.25, 0.3) is 10.9 Å². The average Bonchev–Trinajstić information content (AvgIpc) is 3.27. The van der Waals surface area contributed by atoms with Crippen LogP contribution in [0.1, 0.15) is 29.7 Å². The van der Waals surface area contributed by atoms with Crippen LogP contribution in [0, 0.1) is 0 Å². The Bertz CT molecular complexity index is 1560. The summed E-state index contributed by atoms with van der Waals surface area (Å²) in [5.41, 5.74) is 2.19. The number of oxime groups is 1. The van der Waals surface area contributed by atoms with Crippen molar-refractivity contribution in [1.29, 1.82) is 0 Å². The maximum Gasteiger partial charge on any atom is 0.471 e. The van der Waals surface area contributed by atoms with Crippen LogP contribution >= 0.6 is 0 Å². The van der Waals surface area contributed by atoms with Gasteiger partial charge in [0.05, 0.1) is 16.5 Å². The van der Waals surface area contributed by atoms with E-state index in [0.717, 1.165) is 0 Å². The number of halogens is 3. The molecule has 1 atom stereocenters. The van der Waals surface area contributed by atoms with Crippen LogP contribution in [0.5, 0.6) is 0 Å². The topological polar surface area (TPSA) is 89.8 Å². The summed E-state index contributed by atoms with van der Waals surface area (Å²) in [6.07, 6.45) is -3.52. The number of para-hydroxylation sites is 1. The van der Waals surface area contributed by atoms with Crippen LogP contribution in [-0.2, 0) is 19.7 Å². The fourth-order valence-electron chi connectivity index (χ4n) is 3.88. The molecule has 0 saturated carbocycles. The van der Waals surface area contributed by atoms with Crippen molar-refractivity contribution in [2.24, 2.45) is 5.16 Å². The van der Waals surface area contributed by atoms with Gasteiger partial charge in [0.15, 0.2) is 0 Å². The first-order valence-electron chi connectivity index (χ1n) is 11.0. The van der Waals surface area contributed by atoms with Gasteiger partial charge in [0.25, 0.3) is 10.0 Å². The summed E-state index contributed by atoms with van der Waals surface area (Å²) < 4.78 is 65.9. The highest BCUT2D eigenvalue weighted by atomic mass is 32.2. The zero-order valence-electron chi connectivity index (χ0n) is 19.7. The molecule has 11 heteroatoms. The zero-order valence-corrected chi connectivity index (χ0v) is 20.5. The summed E-state index contributed by atoms with van der Waals surface area (Å²) >= 11 is 0. The van der Waals surface area contributed by atoms with Crippen molar-refractivity contribution in [2.75, 3.05) is 7.11 Å². The molecule has 4 rings (SSSR count). The molecule has 0 aliphatic carbocycles. The molecule has 1 amide bonds. The van der Waals surface area contributed by atoms with E-state index in [0.29, 0.717) is 33.3 Å². The predicted molar refractivity (Wildman–Crippen MR) is 133 cm³/mol. The standard InChI is InChI=1S/C26H22F3N3O4S/c1-17(30-25(33)26(27,28)29)18-12-14-19(15-13-18)24(31-36-2)22-16-32(23-11-7-6-10-21(22)23)37(34,35)20-8-4-3-5-9-20/h3-17H,1-2H3,(H,30,33)/t17-/m0/s1. The molecule has 0 unspecified atom stereocenters. The number of hydrogen-bond donors (Lipinski definition) is 1. The Morgan fingerprint density at radius 2 is 1.59 bits per heavy atom. The lowest BCUT2D eigenvalue weighted by atomic mass is 9.99. The molecule has 0 saturated heterocycles. The fraction of sp³-hybridized carbons (Fsp3) is 0.154. The van der Waals surface area contributed by atoms with Crippen molar-refractivity contribution in [3.05, 3.63) is 102 Å². The molecule has 1 aromatic heterocycles. The molecule has 0 radical (unpaired) electrons. The van der Waals surface area contributed by atoms with E-state index in [1.54, 1.807) is 66.7 Å². The lowest BCUT2D eigenvalue weighted by molar-refractivity contribution is -0.174. The Kier molecular flexibility index (Phi) is 7.08. The predicted octanol–water partition coefficient (Wildman–Crippen LogP) is 5.02. The van der Waals surface area contributed by atoms with Crippen molar-refractivity contribution < 1.29 is 31.2 Å². The van der Waals surface area contributed by atoms with E-state index in [1.165, 1.54) is 36.3 Å². The van der Waals surface area contributed by atoms with E-state index < -0.39 is 28.1 Å². The summed E-state index contributed by atoms with van der Waals surface area (Å²) in [6, 6.07) is 20.4. The summed E-state index contributed by atoms with van der Waals surface area (Å²) in [6.45, 7) is 1.44. The third-order valence-corrected chi connectivity index (χ3v) is 7.39. The van der Waals surface area contributed by atoms with Gasteiger partial charge in [-0.05, 0) is 30.7 Å². The van der Waals surface area contributed by atoms with E-state index in [-0.39, 0.29) is 4.90 Å². The van der Waals surface area contributed by atoms with Crippen LogP contribution in [0.4, 0.5) is 13.2 Å². The Morgan fingerprint density at radius 3 is 2.22 bits per heavy atom. The summed E-state index contributed by atoms with van der Waals surface area (Å²) in [5.74, 6) is -2.03. The van der Waals surface area contributed by atoms with Crippen molar-refractivity contribution in [2.45, 2.75) is 24.0 Å². The van der Waals surface area contributed by atoms with Crippen molar-refractivity contribution in [3.8, 4) is 0 Å². The van der Waals surface area contributed by atoms with Gasteiger partial charge in [0.1, 0.15) is 12.8 Å². The molecule has 1 heterocycles. The average molecular weight is 530 g/mol. The summed E-state index contributed by atoms with van der Waals surface area (Å²) in [4.78, 5) is 16.5. The molecule has 7 nitrogen and oxygen atoms in total. The number of carbonyl (C=O) groups excluding carboxylic acids is 1. The molecule has 3 aromatic carbocycles. The number of nitrogens with one attached hydrogen (secondary N) is 1. The van der Waals surface area contributed by atoms with Crippen LogP contribution in [0.15, 0.2) is 95.1 Å². The number of benzene rings is 3. The largest absolute Gasteiger partial charge is 0.471 e. The number of carbonyl (C=O) groups is 1. The van der Waals surface area contributed by atoms with Gasteiger partial charge in [-0.2, -0.15) is 13.2 Å². The fourth-order valence-corrected chi connectivity index (χ4v) is 5.27. The van der Waals surface area contributed by atoms with Crippen LogP contribution in [-0.4, -0.2) is 37.3 Å². The number of alkyl halides is 3. The first-order valence-corrected chi connectivity index (χ1v) is 12.5. The lowest BCUT2D eigenvalue weighted by Gasteiger charge is -2.16. The SMILES string of the molecule is CON=C(c1ccc([C@H](C)NC(=O)C(F)(F)F)cc1)c1cn(S(=O)(=O)c2ccccc2)c2ccccc12. The summed E-state index contributed by atoms with van der Waals surface area (Å²) in [5, 5.41) is 6.64. The summed E-state index contributed by atoms with van der Waals surface area (Å²) in [7, 11) is -2.58. The monoisotopic (exact) mass is 529 g/mol. The molecule has 0 spiro atoms. The van der Waals surface area contributed by atoms with E-state index in [4.69, 9.17) is 4.84 Å². The van der Waals surface area contributed by atoms with Gasteiger partial charge in [-0.1, -0.05) is 65.8 Å². The number of rotatable bonds is 7. The minimum atomic E-state index is -4.99. The molecule has 0 aliphatic rings. The second-order valence-electron chi connectivity index (χ2n) is 8.11. The van der Waals surface area contributed by atoms with Crippen molar-refractivity contribution in [3.63, 3.8) is 0 Å². The van der Waals surface area contributed by atoms with E-state index >= 15 is 0 Å². The Morgan fingerprint density at radius 1 is 0.973 bits per heavy atom. The molecule has 192 valence electrons. The molecule has 1 N–H and O–H groups in total. The number of hydrogen-bond acceptors (Lipinski definition) is 5. The molecule has 0 bridgehead atoms. The highest BCUT2D eigenvalue weighted by molar-refractivity contribution is 7.90. The smallest absolute Gasteiger partial charge is 0.399 e. The van der Waals surface area contributed by atoms with Crippen LogP contribution in [0.2, 0.25) is 0 Å². The zero-order chi connectivity index (χ0) is 26.8. The third-order valence-electron chi connectivity index (χ3n) is 5.70. The second-order valence-corrected chi connectivity index (χ2v) is 9.93. The number of nitrogens with zero attached hydrogens (tertiary/aromatic N) is 2. The van der Waals surface area contributed by atoms with Crippen LogP contribution in [0.3, 0.4) is 0 Å². The molecule has 4 aromatic rings. The van der Waals surface area contributed by atoms with Crippen molar-refractivity contribution >= 4 is 32.5 Å². The highest BCUT2D eigenvalue weighted by Crippen LogP contribution is 2.29. The number of aromatic nitrogens is 1.